The second kappa shape index (κ2) is 8.20. The van der Waals surface area contributed by atoms with E-state index in [4.69, 9.17) is 4.74 Å². The van der Waals surface area contributed by atoms with E-state index in [0.29, 0.717) is 12.4 Å². The van der Waals surface area contributed by atoms with Gasteiger partial charge in [-0.15, -0.1) is 0 Å². The van der Waals surface area contributed by atoms with Crippen molar-refractivity contribution in [3.05, 3.63) is 96.2 Å². The van der Waals surface area contributed by atoms with Crippen LogP contribution in [0.4, 0.5) is 0 Å². The Kier molecular flexibility index (Phi) is 5.31. The van der Waals surface area contributed by atoms with Crippen LogP contribution in [0.5, 0.6) is 5.75 Å². The van der Waals surface area contributed by atoms with E-state index in [9.17, 15) is 8.42 Å². The van der Waals surface area contributed by atoms with Gasteiger partial charge in [-0.3, -0.25) is 0 Å². The van der Waals surface area contributed by atoms with Gasteiger partial charge in [0.2, 0.25) is 0 Å². The number of aromatic amines is 1. The van der Waals surface area contributed by atoms with Crippen molar-refractivity contribution in [3.63, 3.8) is 0 Å². The number of sulfonamides is 1. The Morgan fingerprint density at radius 3 is 2.41 bits per heavy atom. The first-order valence-corrected chi connectivity index (χ1v) is 10.5. The molecule has 6 nitrogen and oxygen atoms in total. The second-order valence-electron chi connectivity index (χ2n) is 6.36. The van der Waals surface area contributed by atoms with E-state index in [-0.39, 0.29) is 4.90 Å². The third-order valence-electron chi connectivity index (χ3n) is 4.37. The topological polar surface area (TPSA) is 83.5 Å². The number of benzene rings is 3. The molecule has 29 heavy (non-hydrogen) atoms. The number of hydrogen-bond donors (Lipinski definition) is 2. The molecule has 0 bridgehead atoms. The third kappa shape index (κ3) is 4.30. The Balaban J connectivity index is 1.56. The standard InChI is InChI=1S/C22H19N3O3S/c26-29(27,19-10-5-2-6-11-19)25-24-15-18-14-23-20-12-7-13-21(22(18)20)28-16-17-8-3-1-4-9-17/h1-15,23,25H,16H2/b24-15+. The zero-order valence-corrected chi connectivity index (χ0v) is 16.3. The van der Waals surface area contributed by atoms with Crippen molar-refractivity contribution in [2.45, 2.75) is 11.5 Å². The van der Waals surface area contributed by atoms with Gasteiger partial charge in [-0.2, -0.15) is 13.5 Å². The van der Waals surface area contributed by atoms with E-state index < -0.39 is 10.0 Å². The Morgan fingerprint density at radius 1 is 0.931 bits per heavy atom. The first kappa shape index (κ1) is 18.8. The molecule has 0 saturated heterocycles. The summed E-state index contributed by atoms with van der Waals surface area (Å²) >= 11 is 0. The van der Waals surface area contributed by atoms with Gasteiger partial charge >= 0.3 is 0 Å². The number of fused-ring (bicyclic) bond motifs is 1. The van der Waals surface area contributed by atoms with Gasteiger partial charge in [-0.25, -0.2) is 4.83 Å². The van der Waals surface area contributed by atoms with Gasteiger partial charge in [0.05, 0.1) is 16.5 Å². The number of ether oxygens (including phenoxy) is 1. The number of hydrazone groups is 1. The summed E-state index contributed by atoms with van der Waals surface area (Å²) in [6, 6.07) is 23.7. The average molecular weight is 405 g/mol. The Hall–Kier alpha value is -3.58. The summed E-state index contributed by atoms with van der Waals surface area (Å²) in [5, 5.41) is 4.77. The molecule has 3 aromatic carbocycles. The summed E-state index contributed by atoms with van der Waals surface area (Å²) in [6.45, 7) is 0.433. The van der Waals surface area contributed by atoms with Crippen LogP contribution in [0.1, 0.15) is 11.1 Å². The molecule has 0 aliphatic rings. The highest BCUT2D eigenvalue weighted by Crippen LogP contribution is 2.28. The number of nitrogens with zero attached hydrogens (tertiary/aromatic N) is 1. The molecule has 4 rings (SSSR count). The molecule has 4 aromatic rings. The SMILES string of the molecule is O=S(=O)(N/N=C/c1c[nH]c2cccc(OCc3ccccc3)c12)c1ccccc1. The highest BCUT2D eigenvalue weighted by molar-refractivity contribution is 7.89. The van der Waals surface area contributed by atoms with Crippen LogP contribution >= 0.6 is 0 Å². The quantitative estimate of drug-likeness (QED) is 0.359. The van der Waals surface area contributed by atoms with Gasteiger partial charge in [0.15, 0.2) is 0 Å². The maximum absolute atomic E-state index is 12.3. The van der Waals surface area contributed by atoms with Crippen LogP contribution in [0.2, 0.25) is 0 Å². The van der Waals surface area contributed by atoms with Gasteiger partial charge < -0.3 is 9.72 Å². The highest BCUT2D eigenvalue weighted by atomic mass is 32.2. The summed E-state index contributed by atoms with van der Waals surface area (Å²) < 4.78 is 30.6. The number of rotatable bonds is 7. The molecule has 0 aliphatic carbocycles. The second-order valence-corrected chi connectivity index (χ2v) is 8.02. The van der Waals surface area contributed by atoms with Crippen LogP contribution in [-0.4, -0.2) is 19.6 Å². The fraction of sp³-hybridized carbons (Fsp3) is 0.0455. The number of H-pyrrole nitrogens is 1. The predicted molar refractivity (Wildman–Crippen MR) is 113 cm³/mol. The van der Waals surface area contributed by atoms with Crippen molar-refractivity contribution in [3.8, 4) is 5.75 Å². The average Bonchev–Trinajstić information content (AvgIpc) is 3.17. The summed E-state index contributed by atoms with van der Waals surface area (Å²) in [7, 11) is -3.71. The van der Waals surface area contributed by atoms with Crippen molar-refractivity contribution < 1.29 is 13.2 Å². The monoisotopic (exact) mass is 405 g/mol. The summed E-state index contributed by atoms with van der Waals surface area (Å²) in [4.78, 5) is 5.56. The lowest BCUT2D eigenvalue weighted by molar-refractivity contribution is 0.310. The lowest BCUT2D eigenvalue weighted by atomic mass is 10.1. The molecule has 0 saturated carbocycles. The van der Waals surface area contributed by atoms with Crippen LogP contribution in [0.25, 0.3) is 10.9 Å². The molecule has 1 heterocycles. The number of nitrogens with one attached hydrogen (secondary N) is 2. The fourth-order valence-corrected chi connectivity index (χ4v) is 3.76. The maximum Gasteiger partial charge on any atom is 0.276 e. The molecule has 0 aliphatic heterocycles. The van der Waals surface area contributed by atoms with Gasteiger partial charge in [-0.1, -0.05) is 54.6 Å². The van der Waals surface area contributed by atoms with Crippen molar-refractivity contribution in [2.24, 2.45) is 5.10 Å². The lowest BCUT2D eigenvalue weighted by Crippen LogP contribution is -2.18. The molecular weight excluding hydrogens is 386 g/mol. The molecular formula is C22H19N3O3S. The molecule has 0 fully saturated rings. The predicted octanol–water partition coefficient (Wildman–Crippen LogP) is 4.06. The molecule has 0 amide bonds. The van der Waals surface area contributed by atoms with E-state index in [2.05, 4.69) is 14.9 Å². The van der Waals surface area contributed by atoms with Crippen LogP contribution in [0.3, 0.4) is 0 Å². The number of aromatic nitrogens is 1. The summed E-state index contributed by atoms with van der Waals surface area (Å²) in [6.07, 6.45) is 3.23. The Morgan fingerprint density at radius 2 is 1.66 bits per heavy atom. The summed E-state index contributed by atoms with van der Waals surface area (Å²) in [5.74, 6) is 0.694. The van der Waals surface area contributed by atoms with Gasteiger partial charge in [-0.05, 0) is 29.8 Å². The van der Waals surface area contributed by atoms with E-state index in [1.807, 2.05) is 48.5 Å². The molecule has 7 heteroatoms. The third-order valence-corrected chi connectivity index (χ3v) is 5.60. The first-order valence-electron chi connectivity index (χ1n) is 9.00. The van der Waals surface area contributed by atoms with Crippen molar-refractivity contribution >= 4 is 27.1 Å². The van der Waals surface area contributed by atoms with Crippen LogP contribution in [-0.2, 0) is 16.6 Å². The van der Waals surface area contributed by atoms with E-state index in [0.717, 1.165) is 22.0 Å². The fourth-order valence-electron chi connectivity index (χ4n) is 2.95. The van der Waals surface area contributed by atoms with Gasteiger partial charge in [0.1, 0.15) is 12.4 Å². The molecule has 2 N–H and O–H groups in total. The first-order chi connectivity index (χ1) is 14.1. The van der Waals surface area contributed by atoms with Crippen molar-refractivity contribution in [1.29, 1.82) is 0 Å². The van der Waals surface area contributed by atoms with Crippen LogP contribution < -0.4 is 9.57 Å². The lowest BCUT2D eigenvalue weighted by Gasteiger charge is -2.08. The minimum atomic E-state index is -3.71. The Labute approximate surface area is 168 Å². The van der Waals surface area contributed by atoms with Crippen molar-refractivity contribution in [1.82, 2.24) is 9.82 Å². The molecule has 0 radical (unpaired) electrons. The normalized spacial score (nSPS) is 11.7. The van der Waals surface area contributed by atoms with Gasteiger partial charge in [0, 0.05) is 17.3 Å². The minimum Gasteiger partial charge on any atom is -0.488 e. The molecule has 0 atom stereocenters. The maximum atomic E-state index is 12.3. The number of hydrogen-bond acceptors (Lipinski definition) is 4. The van der Waals surface area contributed by atoms with Crippen LogP contribution in [0, 0.1) is 0 Å². The summed E-state index contributed by atoms with van der Waals surface area (Å²) in [5.41, 5.74) is 2.66. The molecule has 0 spiro atoms. The largest absolute Gasteiger partial charge is 0.488 e. The zero-order valence-electron chi connectivity index (χ0n) is 15.4. The molecule has 146 valence electrons. The van der Waals surface area contributed by atoms with Crippen LogP contribution in [0.15, 0.2) is 95.1 Å². The van der Waals surface area contributed by atoms with Gasteiger partial charge in [0.25, 0.3) is 10.0 Å². The highest BCUT2D eigenvalue weighted by Gasteiger charge is 2.12. The van der Waals surface area contributed by atoms with Crippen molar-refractivity contribution in [2.75, 3.05) is 0 Å². The minimum absolute atomic E-state index is 0.156. The molecule has 1 aromatic heterocycles. The van der Waals surface area contributed by atoms with E-state index in [1.165, 1.54) is 18.3 Å². The smallest absolute Gasteiger partial charge is 0.276 e. The zero-order chi connectivity index (χ0) is 20.1. The Bertz CT molecular complexity index is 1230. The molecule has 0 unspecified atom stereocenters. The van der Waals surface area contributed by atoms with E-state index in [1.54, 1.807) is 24.4 Å². The van der Waals surface area contributed by atoms with E-state index >= 15 is 0 Å².